The third kappa shape index (κ3) is 5.92. The fourth-order valence-electron chi connectivity index (χ4n) is 4.46. The summed E-state index contributed by atoms with van der Waals surface area (Å²) < 4.78 is 21.1. The van der Waals surface area contributed by atoms with E-state index < -0.39 is 5.82 Å². The third-order valence-corrected chi connectivity index (χ3v) is 8.01. The number of amides is 1. The number of halogens is 1. The first-order valence-electron chi connectivity index (χ1n) is 12.1. The number of aryl methyl sites for hydroxylation is 1. The lowest BCUT2D eigenvalue weighted by atomic mass is 9.89. The number of carbonyl (C=O) groups excluding carboxylic acids is 1. The van der Waals surface area contributed by atoms with E-state index in [4.69, 9.17) is 9.57 Å². The van der Waals surface area contributed by atoms with Gasteiger partial charge in [0.15, 0.2) is 11.6 Å². The molecule has 1 saturated heterocycles. The molecule has 2 aromatic rings. The van der Waals surface area contributed by atoms with Crippen LogP contribution in [0.3, 0.4) is 0 Å². The molecule has 10 heteroatoms. The van der Waals surface area contributed by atoms with Crippen LogP contribution in [0.1, 0.15) is 59.7 Å². The van der Waals surface area contributed by atoms with Crippen LogP contribution in [0.5, 0.6) is 5.75 Å². The lowest BCUT2D eigenvalue weighted by molar-refractivity contribution is 0.0233. The van der Waals surface area contributed by atoms with Gasteiger partial charge in [-0.05, 0) is 56.4 Å². The van der Waals surface area contributed by atoms with Crippen LogP contribution in [0.4, 0.5) is 4.39 Å². The molecule has 1 N–H and O–H groups in total. The summed E-state index contributed by atoms with van der Waals surface area (Å²) in [7, 11) is 1.41. The lowest BCUT2D eigenvalue weighted by Gasteiger charge is -2.32. The third-order valence-electron chi connectivity index (χ3n) is 6.57. The van der Waals surface area contributed by atoms with E-state index in [-0.39, 0.29) is 30.0 Å². The Morgan fingerprint density at radius 3 is 2.77 bits per heavy atom. The van der Waals surface area contributed by atoms with Crippen LogP contribution in [0.15, 0.2) is 29.4 Å². The van der Waals surface area contributed by atoms with Gasteiger partial charge in [-0.15, -0.1) is 0 Å². The second kappa shape index (κ2) is 10.5. The number of benzene rings is 1. The van der Waals surface area contributed by atoms with Crippen LogP contribution in [-0.4, -0.2) is 57.4 Å². The zero-order chi connectivity index (χ0) is 24.4. The number of hydrogen-bond acceptors (Lipinski definition) is 8. The molecule has 1 atom stereocenters. The predicted molar refractivity (Wildman–Crippen MR) is 132 cm³/mol. The van der Waals surface area contributed by atoms with Gasteiger partial charge in [0.25, 0.3) is 5.91 Å². The number of oxime groups is 1. The first kappa shape index (κ1) is 24.0. The van der Waals surface area contributed by atoms with E-state index >= 15 is 0 Å². The zero-order valence-electron chi connectivity index (χ0n) is 20.0. The van der Waals surface area contributed by atoms with Gasteiger partial charge in [0.1, 0.15) is 23.3 Å². The first-order chi connectivity index (χ1) is 17.0. The van der Waals surface area contributed by atoms with Gasteiger partial charge in [-0.25, -0.2) is 14.4 Å². The Labute approximate surface area is 208 Å². The van der Waals surface area contributed by atoms with Crippen molar-refractivity contribution in [2.45, 2.75) is 56.9 Å². The van der Waals surface area contributed by atoms with Crippen LogP contribution < -0.4 is 10.1 Å². The topological polar surface area (TPSA) is 88.9 Å². The average molecular weight is 500 g/mol. The Balaban J connectivity index is 1.18. The summed E-state index contributed by atoms with van der Waals surface area (Å²) in [6.07, 6.45) is 5.67. The molecule has 8 nitrogen and oxygen atoms in total. The van der Waals surface area contributed by atoms with Crippen molar-refractivity contribution in [3.05, 3.63) is 52.9 Å². The molecule has 1 amide bonds. The highest BCUT2D eigenvalue weighted by atomic mass is 32.2. The van der Waals surface area contributed by atoms with Gasteiger partial charge in [-0.2, -0.15) is 0 Å². The molecule has 1 aromatic heterocycles. The van der Waals surface area contributed by atoms with Gasteiger partial charge in [0.05, 0.1) is 12.8 Å². The quantitative estimate of drug-likeness (QED) is 0.552. The number of methoxy groups -OCH3 is 1. The van der Waals surface area contributed by atoms with Crippen LogP contribution in [-0.2, 0) is 11.4 Å². The van der Waals surface area contributed by atoms with Crippen LogP contribution >= 0.6 is 11.9 Å². The molecule has 1 saturated carbocycles. The monoisotopic (exact) mass is 499 g/mol. The summed E-state index contributed by atoms with van der Waals surface area (Å²) in [6, 6.07) is 6.14. The highest BCUT2D eigenvalue weighted by molar-refractivity contribution is 7.97. The van der Waals surface area contributed by atoms with Crippen molar-refractivity contribution in [1.82, 2.24) is 19.6 Å². The standard InChI is InChI=1S/C25H30FN5O3S/c1-15-28-20(12-22(29-15)25(32)27-14-16-3-6-19(26)24(11-16)33-2)21-13-23(34-30-21)17-7-9-31(10-8-17)35-18-4-5-18/h3,6,11-12,17-18,23H,4-5,7-10,13-14H2,1-2H3,(H,27,32). The number of aromatic nitrogens is 2. The van der Waals surface area contributed by atoms with E-state index in [9.17, 15) is 9.18 Å². The Kier molecular flexibility index (Phi) is 7.19. The molecular weight excluding hydrogens is 469 g/mol. The molecule has 0 spiro atoms. The van der Waals surface area contributed by atoms with Gasteiger partial charge in [-0.1, -0.05) is 23.2 Å². The summed E-state index contributed by atoms with van der Waals surface area (Å²) in [5, 5.41) is 8.00. The molecule has 1 aromatic carbocycles. The van der Waals surface area contributed by atoms with E-state index in [1.54, 1.807) is 25.1 Å². The smallest absolute Gasteiger partial charge is 0.270 e. The summed E-state index contributed by atoms with van der Waals surface area (Å²) in [4.78, 5) is 27.4. The SMILES string of the molecule is COc1cc(CNC(=O)c2cc(C3=NOC(C4CCN(SC5CC5)CC4)C3)nc(C)n2)ccc1F. The van der Waals surface area contributed by atoms with Crippen LogP contribution in [0, 0.1) is 18.7 Å². The second-order valence-corrected chi connectivity index (χ2v) is 10.7. The van der Waals surface area contributed by atoms with E-state index in [1.165, 1.54) is 26.0 Å². The number of carbonyl (C=O) groups is 1. The first-order valence-corrected chi connectivity index (χ1v) is 12.9. The van der Waals surface area contributed by atoms with E-state index in [1.807, 2.05) is 11.9 Å². The Bertz CT molecular complexity index is 1120. The molecule has 186 valence electrons. The molecule has 3 heterocycles. The lowest BCUT2D eigenvalue weighted by Crippen LogP contribution is -2.34. The maximum absolute atomic E-state index is 13.6. The number of nitrogens with zero attached hydrogens (tertiary/aromatic N) is 4. The van der Waals surface area contributed by atoms with E-state index in [0.717, 1.165) is 42.5 Å². The van der Waals surface area contributed by atoms with Gasteiger partial charge in [0, 0.05) is 37.2 Å². The zero-order valence-corrected chi connectivity index (χ0v) is 20.8. The van der Waals surface area contributed by atoms with Crippen molar-refractivity contribution < 1.29 is 18.8 Å². The number of ether oxygens (including phenoxy) is 1. The summed E-state index contributed by atoms with van der Waals surface area (Å²) >= 11 is 2.03. The average Bonchev–Trinajstić information content (AvgIpc) is 3.54. The largest absolute Gasteiger partial charge is 0.494 e. The molecule has 3 aliphatic rings. The molecule has 2 aliphatic heterocycles. The number of nitrogens with one attached hydrogen (secondary N) is 1. The molecule has 1 unspecified atom stereocenters. The van der Waals surface area contributed by atoms with Crippen molar-refractivity contribution in [2.24, 2.45) is 11.1 Å². The fraction of sp³-hybridized carbons (Fsp3) is 0.520. The highest BCUT2D eigenvalue weighted by Crippen LogP contribution is 2.39. The summed E-state index contributed by atoms with van der Waals surface area (Å²) in [5.41, 5.74) is 2.36. The molecule has 1 aliphatic carbocycles. The minimum absolute atomic E-state index is 0.0547. The number of rotatable bonds is 8. The van der Waals surface area contributed by atoms with Crippen LogP contribution in [0.2, 0.25) is 0 Å². The molecule has 0 bridgehead atoms. The molecule has 35 heavy (non-hydrogen) atoms. The molecule has 5 rings (SSSR count). The normalized spacial score (nSPS) is 20.9. The minimum Gasteiger partial charge on any atom is -0.494 e. The van der Waals surface area contributed by atoms with E-state index in [0.29, 0.717) is 23.9 Å². The van der Waals surface area contributed by atoms with Gasteiger partial charge >= 0.3 is 0 Å². The fourth-order valence-corrected chi connectivity index (χ4v) is 5.65. The Hall–Kier alpha value is -2.72. The Morgan fingerprint density at radius 2 is 2.03 bits per heavy atom. The van der Waals surface area contributed by atoms with Gasteiger partial charge in [0.2, 0.25) is 0 Å². The summed E-state index contributed by atoms with van der Waals surface area (Å²) in [5.74, 6) is 0.326. The van der Waals surface area contributed by atoms with Gasteiger partial charge < -0.3 is 14.9 Å². The van der Waals surface area contributed by atoms with E-state index in [2.05, 4.69) is 24.7 Å². The number of hydrogen-bond donors (Lipinski definition) is 1. The molecule has 2 fully saturated rings. The maximum Gasteiger partial charge on any atom is 0.270 e. The van der Waals surface area contributed by atoms with Crippen molar-refractivity contribution in [3.63, 3.8) is 0 Å². The highest BCUT2D eigenvalue weighted by Gasteiger charge is 2.35. The van der Waals surface area contributed by atoms with Crippen molar-refractivity contribution >= 4 is 23.6 Å². The van der Waals surface area contributed by atoms with Crippen LogP contribution in [0.25, 0.3) is 0 Å². The molecular formula is C25H30FN5O3S. The maximum atomic E-state index is 13.6. The minimum atomic E-state index is -0.445. The molecule has 0 radical (unpaired) electrons. The summed E-state index contributed by atoms with van der Waals surface area (Å²) in [6.45, 7) is 4.17. The number of piperidine rings is 1. The second-order valence-electron chi connectivity index (χ2n) is 9.29. The van der Waals surface area contributed by atoms with Crippen molar-refractivity contribution in [3.8, 4) is 5.75 Å². The van der Waals surface area contributed by atoms with Crippen molar-refractivity contribution in [2.75, 3.05) is 20.2 Å². The van der Waals surface area contributed by atoms with Gasteiger partial charge in [-0.3, -0.25) is 9.10 Å². The van der Waals surface area contributed by atoms with Crippen molar-refractivity contribution in [1.29, 1.82) is 0 Å². The predicted octanol–water partition coefficient (Wildman–Crippen LogP) is 3.88. The Morgan fingerprint density at radius 1 is 1.23 bits per heavy atom.